The third kappa shape index (κ3) is 3.69. The van der Waals surface area contributed by atoms with E-state index in [0.29, 0.717) is 29.2 Å². The Kier molecular flexibility index (Phi) is 5.31. The number of nitrogens with zero attached hydrogens (tertiary/aromatic N) is 2. The van der Waals surface area contributed by atoms with E-state index in [4.69, 9.17) is 14.2 Å². The molecule has 0 bridgehead atoms. The number of methoxy groups -OCH3 is 1. The Balaban J connectivity index is 1.61. The molecule has 0 saturated carbocycles. The van der Waals surface area contributed by atoms with Gasteiger partial charge in [0.2, 0.25) is 0 Å². The maximum atomic E-state index is 13.1. The van der Waals surface area contributed by atoms with Crippen LogP contribution < -0.4 is 19.5 Å². The van der Waals surface area contributed by atoms with Gasteiger partial charge in [-0.05, 0) is 50.6 Å². The molecule has 8 nitrogen and oxygen atoms in total. The molecule has 0 aliphatic carbocycles. The smallest absolute Gasteiger partial charge is 0.346 e. The number of ether oxygens (including phenoxy) is 3. The Hall–Kier alpha value is -3.55. The van der Waals surface area contributed by atoms with Crippen LogP contribution in [0.25, 0.3) is 0 Å². The van der Waals surface area contributed by atoms with E-state index in [9.17, 15) is 9.59 Å². The van der Waals surface area contributed by atoms with Crippen molar-refractivity contribution in [3.63, 3.8) is 0 Å². The van der Waals surface area contributed by atoms with Crippen LogP contribution in [0.3, 0.4) is 0 Å². The number of carbonyl (C=O) groups excluding carboxylic acids is 2. The fourth-order valence-electron chi connectivity index (χ4n) is 3.81. The highest BCUT2D eigenvalue weighted by molar-refractivity contribution is 6.07. The Labute approximate surface area is 180 Å². The molecule has 3 amide bonds. The summed E-state index contributed by atoms with van der Waals surface area (Å²) < 4.78 is 16.7. The number of amides is 3. The Bertz CT molecular complexity index is 1050. The first-order chi connectivity index (χ1) is 14.9. The molecule has 1 saturated heterocycles. The molecule has 0 aromatic heterocycles. The highest BCUT2D eigenvalue weighted by Crippen LogP contribution is 2.35. The molecule has 2 aromatic rings. The van der Waals surface area contributed by atoms with Crippen LogP contribution in [0.1, 0.15) is 37.5 Å². The summed E-state index contributed by atoms with van der Waals surface area (Å²) in [4.78, 5) is 25.7. The number of rotatable bonds is 6. The van der Waals surface area contributed by atoms with Crippen LogP contribution >= 0.6 is 0 Å². The van der Waals surface area contributed by atoms with Crippen molar-refractivity contribution >= 4 is 18.2 Å². The molecule has 0 unspecified atom stereocenters. The molecule has 162 valence electrons. The van der Waals surface area contributed by atoms with Gasteiger partial charge in [0.15, 0.2) is 0 Å². The third-order valence-corrected chi connectivity index (χ3v) is 5.48. The van der Waals surface area contributed by atoms with Crippen LogP contribution in [-0.2, 0) is 16.8 Å². The summed E-state index contributed by atoms with van der Waals surface area (Å²) in [6, 6.07) is 10.1. The van der Waals surface area contributed by atoms with Gasteiger partial charge in [0.25, 0.3) is 5.91 Å². The number of hydrogen-bond acceptors (Lipinski definition) is 6. The minimum absolute atomic E-state index is 0.0906. The van der Waals surface area contributed by atoms with Gasteiger partial charge in [0.05, 0.1) is 19.9 Å². The predicted molar refractivity (Wildman–Crippen MR) is 115 cm³/mol. The number of fused-ring (bicyclic) bond motifs is 1. The van der Waals surface area contributed by atoms with Crippen LogP contribution in [0.5, 0.6) is 17.2 Å². The van der Waals surface area contributed by atoms with E-state index in [1.807, 2.05) is 26.0 Å². The summed E-state index contributed by atoms with van der Waals surface area (Å²) in [6.45, 7) is 6.03. The number of hydrogen-bond donors (Lipinski definition) is 1. The van der Waals surface area contributed by atoms with E-state index in [2.05, 4.69) is 10.4 Å². The Morgan fingerprint density at radius 3 is 2.71 bits per heavy atom. The minimum Gasteiger partial charge on any atom is -0.497 e. The summed E-state index contributed by atoms with van der Waals surface area (Å²) in [5.74, 6) is 1.59. The van der Waals surface area contributed by atoms with Crippen molar-refractivity contribution in [1.82, 2.24) is 10.3 Å². The fourth-order valence-corrected chi connectivity index (χ4v) is 3.81. The number of hydrazone groups is 1. The topological polar surface area (TPSA) is 89.5 Å². The first-order valence-electron chi connectivity index (χ1n) is 10.2. The summed E-state index contributed by atoms with van der Waals surface area (Å²) >= 11 is 0. The zero-order chi connectivity index (χ0) is 22.2. The summed E-state index contributed by atoms with van der Waals surface area (Å²) in [6.07, 6.45) is 2.35. The molecule has 4 rings (SSSR count). The van der Waals surface area contributed by atoms with E-state index in [1.165, 1.54) is 6.21 Å². The molecular weight excluding hydrogens is 398 g/mol. The second-order valence-electron chi connectivity index (χ2n) is 7.71. The zero-order valence-electron chi connectivity index (χ0n) is 18.0. The van der Waals surface area contributed by atoms with Crippen molar-refractivity contribution < 1.29 is 23.8 Å². The van der Waals surface area contributed by atoms with Gasteiger partial charge in [-0.25, -0.2) is 4.79 Å². The molecule has 2 aliphatic heterocycles. The van der Waals surface area contributed by atoms with Crippen LogP contribution in [-0.4, -0.2) is 43.0 Å². The van der Waals surface area contributed by atoms with E-state index in [-0.39, 0.29) is 6.10 Å². The van der Waals surface area contributed by atoms with E-state index in [0.717, 1.165) is 22.7 Å². The molecular formula is C23H25N3O5. The van der Waals surface area contributed by atoms with Crippen molar-refractivity contribution in [3.05, 3.63) is 53.1 Å². The first-order valence-corrected chi connectivity index (χ1v) is 10.2. The van der Waals surface area contributed by atoms with Gasteiger partial charge in [0, 0.05) is 17.5 Å². The van der Waals surface area contributed by atoms with Crippen LogP contribution in [0.2, 0.25) is 0 Å². The second kappa shape index (κ2) is 7.94. The van der Waals surface area contributed by atoms with Gasteiger partial charge >= 0.3 is 6.03 Å². The standard InChI is InChI=1S/C23H25N3O5/c1-5-30-19-11-15-10-14(2)31-20(15)12-16(19)13-24-26-21(27)23(3,25-22(26)28)17-6-8-18(29-4)9-7-17/h6-9,11-14H,5,10H2,1-4H3,(H,25,28)/b24-13-/t14-,23-/m0/s1. The number of urea groups is 1. The lowest BCUT2D eigenvalue weighted by atomic mass is 9.92. The largest absolute Gasteiger partial charge is 0.497 e. The van der Waals surface area contributed by atoms with Gasteiger partial charge < -0.3 is 19.5 Å². The first kappa shape index (κ1) is 20.7. The third-order valence-electron chi connectivity index (χ3n) is 5.48. The lowest BCUT2D eigenvalue weighted by molar-refractivity contribution is -0.131. The SMILES string of the molecule is CCOc1cc2c(cc1/C=N\N1C(=O)N[C@@](C)(c3ccc(OC)cc3)C1=O)O[C@@H](C)C2. The number of carbonyl (C=O) groups is 2. The summed E-state index contributed by atoms with van der Waals surface area (Å²) in [7, 11) is 1.57. The lowest BCUT2D eigenvalue weighted by Crippen LogP contribution is -2.40. The molecule has 2 aromatic carbocycles. The highest BCUT2D eigenvalue weighted by atomic mass is 16.5. The van der Waals surface area contributed by atoms with Gasteiger partial charge in [-0.1, -0.05) is 12.1 Å². The highest BCUT2D eigenvalue weighted by Gasteiger charge is 2.49. The lowest BCUT2D eigenvalue weighted by Gasteiger charge is -2.21. The van der Waals surface area contributed by atoms with Crippen molar-refractivity contribution in [1.29, 1.82) is 0 Å². The summed E-state index contributed by atoms with van der Waals surface area (Å²) in [5.41, 5.74) is 1.11. The zero-order valence-corrected chi connectivity index (χ0v) is 18.0. The fraction of sp³-hybridized carbons (Fsp3) is 0.348. The second-order valence-corrected chi connectivity index (χ2v) is 7.71. The van der Waals surface area contributed by atoms with Crippen molar-refractivity contribution in [3.8, 4) is 17.2 Å². The van der Waals surface area contributed by atoms with Crippen molar-refractivity contribution in [2.24, 2.45) is 5.10 Å². The number of benzene rings is 2. The van der Waals surface area contributed by atoms with Crippen LogP contribution in [0.4, 0.5) is 4.79 Å². The monoisotopic (exact) mass is 423 g/mol. The number of nitrogens with one attached hydrogen (secondary N) is 1. The van der Waals surface area contributed by atoms with Gasteiger partial charge in [-0.15, -0.1) is 5.01 Å². The van der Waals surface area contributed by atoms with Gasteiger partial charge in [-0.2, -0.15) is 5.10 Å². The maximum absolute atomic E-state index is 13.1. The molecule has 2 aliphatic rings. The van der Waals surface area contributed by atoms with Crippen molar-refractivity contribution in [2.45, 2.75) is 38.8 Å². The molecule has 31 heavy (non-hydrogen) atoms. The van der Waals surface area contributed by atoms with E-state index < -0.39 is 17.5 Å². The molecule has 0 spiro atoms. The van der Waals surface area contributed by atoms with E-state index >= 15 is 0 Å². The molecule has 2 atom stereocenters. The summed E-state index contributed by atoms with van der Waals surface area (Å²) in [5, 5.41) is 7.76. The van der Waals surface area contributed by atoms with Gasteiger partial charge in [-0.3, -0.25) is 4.79 Å². The molecule has 2 heterocycles. The Morgan fingerprint density at radius 1 is 1.29 bits per heavy atom. The molecule has 1 fully saturated rings. The van der Waals surface area contributed by atoms with E-state index in [1.54, 1.807) is 38.3 Å². The molecule has 0 radical (unpaired) electrons. The maximum Gasteiger partial charge on any atom is 0.346 e. The number of imide groups is 1. The van der Waals surface area contributed by atoms with Crippen LogP contribution in [0.15, 0.2) is 41.5 Å². The normalized spacial score (nSPS) is 22.5. The molecule has 1 N–H and O–H groups in total. The molecule has 8 heteroatoms. The quantitative estimate of drug-likeness (QED) is 0.569. The average Bonchev–Trinajstić information content (AvgIpc) is 3.22. The van der Waals surface area contributed by atoms with Gasteiger partial charge in [0.1, 0.15) is 28.9 Å². The van der Waals surface area contributed by atoms with Crippen LogP contribution in [0, 0.1) is 0 Å². The minimum atomic E-state index is -1.22. The average molecular weight is 423 g/mol. The van der Waals surface area contributed by atoms with Crippen molar-refractivity contribution in [2.75, 3.05) is 13.7 Å². The Morgan fingerprint density at radius 2 is 2.03 bits per heavy atom. The predicted octanol–water partition coefficient (Wildman–Crippen LogP) is 3.22.